The lowest BCUT2D eigenvalue weighted by atomic mass is 10.2. The Hall–Kier alpha value is -2.00. The molecule has 0 N–H and O–H groups in total. The third-order valence-electron chi connectivity index (χ3n) is 3.93. The topological polar surface area (TPSA) is 61.5 Å². The van der Waals surface area contributed by atoms with E-state index in [1.54, 1.807) is 42.2 Å². The number of thiazole rings is 1. The summed E-state index contributed by atoms with van der Waals surface area (Å²) in [7, 11) is 3.23. The molecule has 0 saturated carbocycles. The fourth-order valence-corrected chi connectivity index (χ4v) is 4.85. The van der Waals surface area contributed by atoms with E-state index in [0.717, 1.165) is 16.3 Å². The Labute approximate surface area is 179 Å². The van der Waals surface area contributed by atoms with Gasteiger partial charge in [0.25, 0.3) is 0 Å². The Bertz CT molecular complexity index is 1150. The van der Waals surface area contributed by atoms with Gasteiger partial charge in [0.15, 0.2) is 22.3 Å². The molecular weight excluding hydrogens is 439 g/mol. The van der Waals surface area contributed by atoms with Gasteiger partial charge in [0, 0.05) is 22.9 Å². The Morgan fingerprint density at radius 3 is 2.71 bits per heavy atom. The van der Waals surface area contributed by atoms with Crippen molar-refractivity contribution in [3.63, 3.8) is 0 Å². The summed E-state index contributed by atoms with van der Waals surface area (Å²) < 4.78 is 12.4. The van der Waals surface area contributed by atoms with Crippen molar-refractivity contribution in [2.24, 2.45) is 0 Å². The lowest BCUT2D eigenvalue weighted by Gasteiger charge is -2.08. The molecule has 0 aliphatic carbocycles. The van der Waals surface area contributed by atoms with Crippen LogP contribution in [0, 0.1) is 0 Å². The van der Waals surface area contributed by atoms with Crippen LogP contribution in [-0.4, -0.2) is 33.8 Å². The second-order valence-electron chi connectivity index (χ2n) is 5.68. The Kier molecular flexibility index (Phi) is 5.63. The average Bonchev–Trinajstić information content (AvgIpc) is 3.33. The van der Waals surface area contributed by atoms with E-state index < -0.39 is 0 Å². The molecular formula is C18H14Cl2N4O2S2. The third-order valence-corrected chi connectivity index (χ3v) is 6.33. The minimum atomic E-state index is 0.469. The molecule has 144 valence electrons. The standard InChI is InChI=1S/C18H14Cl2N4O2S2/c1-25-14-4-3-10(5-15(14)26-2)17-21-12(8-27-17)9-28-18-23-22-16-13(20)6-11(19)7-24(16)18/h3-8H,9H2,1-2H3. The SMILES string of the molecule is COc1ccc(-c2nc(CSc3nnc4c(Cl)cc(Cl)cn34)cs2)cc1OC. The highest BCUT2D eigenvalue weighted by atomic mass is 35.5. The van der Waals surface area contributed by atoms with Crippen LogP contribution in [0.5, 0.6) is 11.5 Å². The van der Waals surface area contributed by atoms with E-state index in [4.69, 9.17) is 37.7 Å². The number of thioether (sulfide) groups is 1. The minimum absolute atomic E-state index is 0.469. The second-order valence-corrected chi connectivity index (χ2v) is 8.33. The summed E-state index contributed by atoms with van der Waals surface area (Å²) in [6.07, 6.45) is 1.75. The van der Waals surface area contributed by atoms with Gasteiger partial charge in [-0.1, -0.05) is 35.0 Å². The number of aromatic nitrogens is 4. The van der Waals surface area contributed by atoms with Crippen LogP contribution >= 0.6 is 46.3 Å². The molecule has 0 spiro atoms. The first-order chi connectivity index (χ1) is 13.6. The van der Waals surface area contributed by atoms with Crippen LogP contribution in [0.15, 0.2) is 41.0 Å². The zero-order chi connectivity index (χ0) is 19.7. The molecule has 0 aliphatic heterocycles. The van der Waals surface area contributed by atoms with Gasteiger partial charge in [-0.15, -0.1) is 21.5 Å². The van der Waals surface area contributed by atoms with Crippen molar-refractivity contribution in [3.8, 4) is 22.1 Å². The fourth-order valence-electron chi connectivity index (χ4n) is 2.61. The predicted octanol–water partition coefficient (Wildman–Crippen LogP) is 5.47. The van der Waals surface area contributed by atoms with E-state index >= 15 is 0 Å². The van der Waals surface area contributed by atoms with Crippen LogP contribution < -0.4 is 9.47 Å². The number of hydrogen-bond donors (Lipinski definition) is 0. The maximum atomic E-state index is 6.16. The Morgan fingerprint density at radius 2 is 1.93 bits per heavy atom. The van der Waals surface area contributed by atoms with Gasteiger partial charge < -0.3 is 9.47 Å². The molecule has 0 radical (unpaired) electrons. The van der Waals surface area contributed by atoms with E-state index in [-0.39, 0.29) is 0 Å². The smallest absolute Gasteiger partial charge is 0.196 e. The van der Waals surface area contributed by atoms with Crippen molar-refractivity contribution in [1.29, 1.82) is 0 Å². The van der Waals surface area contributed by atoms with Crippen molar-refractivity contribution in [2.75, 3.05) is 14.2 Å². The summed E-state index contributed by atoms with van der Waals surface area (Å²) in [6, 6.07) is 7.41. The van der Waals surface area contributed by atoms with Crippen molar-refractivity contribution in [3.05, 3.63) is 51.6 Å². The normalized spacial score (nSPS) is 11.1. The van der Waals surface area contributed by atoms with E-state index in [0.29, 0.717) is 38.1 Å². The van der Waals surface area contributed by atoms with Crippen LogP contribution in [0.25, 0.3) is 16.2 Å². The van der Waals surface area contributed by atoms with Crippen LogP contribution in [0.3, 0.4) is 0 Å². The number of fused-ring (bicyclic) bond motifs is 1. The van der Waals surface area contributed by atoms with E-state index in [1.165, 1.54) is 11.8 Å². The Morgan fingerprint density at radius 1 is 1.11 bits per heavy atom. The molecule has 28 heavy (non-hydrogen) atoms. The van der Waals surface area contributed by atoms with Gasteiger partial charge in [-0.25, -0.2) is 4.98 Å². The first kappa shape index (κ1) is 19.3. The van der Waals surface area contributed by atoms with Crippen LogP contribution in [0.4, 0.5) is 0 Å². The lowest BCUT2D eigenvalue weighted by Crippen LogP contribution is -1.91. The molecule has 1 aromatic carbocycles. The summed E-state index contributed by atoms with van der Waals surface area (Å²) in [5, 5.41) is 13.0. The quantitative estimate of drug-likeness (QED) is 0.361. The molecule has 0 unspecified atom stereocenters. The molecule has 3 heterocycles. The van der Waals surface area contributed by atoms with Gasteiger partial charge in [0.1, 0.15) is 5.01 Å². The highest BCUT2D eigenvalue weighted by Gasteiger charge is 2.13. The number of methoxy groups -OCH3 is 2. The van der Waals surface area contributed by atoms with Gasteiger partial charge in [-0.3, -0.25) is 4.40 Å². The van der Waals surface area contributed by atoms with Crippen LogP contribution in [-0.2, 0) is 5.75 Å². The average molecular weight is 453 g/mol. The summed E-state index contributed by atoms with van der Waals surface area (Å²) >= 11 is 15.3. The van der Waals surface area contributed by atoms with E-state index in [2.05, 4.69) is 10.2 Å². The van der Waals surface area contributed by atoms with E-state index in [9.17, 15) is 0 Å². The van der Waals surface area contributed by atoms with Crippen molar-refractivity contribution < 1.29 is 9.47 Å². The Balaban J connectivity index is 1.53. The fraction of sp³-hybridized carbons (Fsp3) is 0.167. The molecule has 0 saturated heterocycles. The summed E-state index contributed by atoms with van der Waals surface area (Å²) in [4.78, 5) is 4.72. The highest BCUT2D eigenvalue weighted by Crippen LogP contribution is 2.34. The second kappa shape index (κ2) is 8.16. The molecule has 3 aromatic heterocycles. The van der Waals surface area contributed by atoms with Gasteiger partial charge in [0.05, 0.1) is 30.0 Å². The first-order valence-electron chi connectivity index (χ1n) is 8.08. The van der Waals surface area contributed by atoms with Crippen molar-refractivity contribution >= 4 is 51.9 Å². The van der Waals surface area contributed by atoms with Crippen LogP contribution in [0.2, 0.25) is 10.0 Å². The molecule has 0 fully saturated rings. The minimum Gasteiger partial charge on any atom is -0.493 e. The number of ether oxygens (including phenoxy) is 2. The van der Waals surface area contributed by atoms with Gasteiger partial charge in [-0.2, -0.15) is 0 Å². The number of rotatable bonds is 6. The van der Waals surface area contributed by atoms with Crippen molar-refractivity contribution in [2.45, 2.75) is 10.9 Å². The molecule has 6 nitrogen and oxygen atoms in total. The summed E-state index contributed by atoms with van der Waals surface area (Å²) in [5.41, 5.74) is 2.51. The van der Waals surface area contributed by atoms with Crippen LogP contribution in [0.1, 0.15) is 5.69 Å². The molecule has 4 rings (SSSR count). The van der Waals surface area contributed by atoms with E-state index in [1.807, 2.05) is 23.6 Å². The maximum Gasteiger partial charge on any atom is 0.196 e. The summed E-state index contributed by atoms with van der Waals surface area (Å²) in [6.45, 7) is 0. The number of nitrogens with zero attached hydrogens (tertiary/aromatic N) is 4. The molecule has 0 aliphatic rings. The highest BCUT2D eigenvalue weighted by molar-refractivity contribution is 7.98. The maximum absolute atomic E-state index is 6.16. The van der Waals surface area contributed by atoms with Gasteiger partial charge in [-0.05, 0) is 24.3 Å². The molecule has 4 aromatic rings. The number of hydrogen-bond acceptors (Lipinski definition) is 7. The number of benzene rings is 1. The van der Waals surface area contributed by atoms with Gasteiger partial charge in [0.2, 0.25) is 0 Å². The summed E-state index contributed by atoms with van der Waals surface area (Å²) in [5.74, 6) is 2.01. The predicted molar refractivity (Wildman–Crippen MR) is 113 cm³/mol. The zero-order valence-corrected chi connectivity index (χ0v) is 18.0. The third kappa shape index (κ3) is 3.77. The molecule has 0 atom stereocenters. The first-order valence-corrected chi connectivity index (χ1v) is 10.7. The monoisotopic (exact) mass is 452 g/mol. The zero-order valence-electron chi connectivity index (χ0n) is 14.8. The number of pyridine rings is 1. The van der Waals surface area contributed by atoms with Gasteiger partial charge >= 0.3 is 0 Å². The molecule has 0 bridgehead atoms. The molecule has 0 amide bonds. The number of halogens is 2. The van der Waals surface area contributed by atoms with Crippen molar-refractivity contribution in [1.82, 2.24) is 19.6 Å². The molecule has 10 heteroatoms. The largest absolute Gasteiger partial charge is 0.493 e. The lowest BCUT2D eigenvalue weighted by molar-refractivity contribution is 0.355.